The highest BCUT2D eigenvalue weighted by Gasteiger charge is 2.56. The van der Waals surface area contributed by atoms with E-state index in [4.69, 9.17) is 42.6 Å². The first-order valence-corrected chi connectivity index (χ1v) is 20.8. The molecule has 0 aliphatic carbocycles. The van der Waals surface area contributed by atoms with Crippen LogP contribution in [0.3, 0.4) is 0 Å². The third-order valence-corrected chi connectivity index (χ3v) is 11.7. The highest BCUT2D eigenvalue weighted by atomic mass is 32.2. The molecule has 25 nitrogen and oxygen atoms in total. The van der Waals surface area contributed by atoms with Crippen molar-refractivity contribution >= 4 is 17.4 Å². The van der Waals surface area contributed by atoms with E-state index in [0.29, 0.717) is 24.5 Å². The van der Waals surface area contributed by atoms with Gasteiger partial charge in [0.05, 0.1) is 39.6 Å². The lowest BCUT2D eigenvalue weighted by molar-refractivity contribution is -0.406. The minimum absolute atomic E-state index is 0.000874. The summed E-state index contributed by atoms with van der Waals surface area (Å²) in [7, 11) is 0. The maximum atomic E-state index is 11.8. The van der Waals surface area contributed by atoms with Gasteiger partial charge in [-0.05, 0) is 19.1 Å². The highest BCUT2D eigenvalue weighted by molar-refractivity contribution is 7.99. The van der Waals surface area contributed by atoms with Crippen LogP contribution in [0.4, 0.5) is 5.69 Å². The molecular formula is C35H57NO24S. The van der Waals surface area contributed by atoms with Gasteiger partial charge in [-0.2, -0.15) is 11.8 Å². The van der Waals surface area contributed by atoms with Crippen molar-refractivity contribution in [2.75, 3.05) is 63.0 Å². The van der Waals surface area contributed by atoms with Crippen molar-refractivity contribution in [3.8, 4) is 5.75 Å². The maximum absolute atomic E-state index is 11.8. The molecule has 26 heteroatoms. The fourth-order valence-corrected chi connectivity index (χ4v) is 7.90. The summed E-state index contributed by atoms with van der Waals surface area (Å²) in [5, 5.41) is 139. The van der Waals surface area contributed by atoms with Gasteiger partial charge < -0.3 is 114 Å². The predicted molar refractivity (Wildman–Crippen MR) is 201 cm³/mol. The molecule has 4 fully saturated rings. The van der Waals surface area contributed by atoms with Gasteiger partial charge in [0.1, 0.15) is 103 Å². The van der Waals surface area contributed by atoms with Crippen molar-refractivity contribution in [3.05, 3.63) is 20.4 Å². The molecule has 0 bridgehead atoms. The van der Waals surface area contributed by atoms with E-state index in [1.165, 1.54) is 11.8 Å². The molecule has 0 spiro atoms. The Balaban J connectivity index is 1.28. The molecule has 4 aliphatic rings. The van der Waals surface area contributed by atoms with E-state index in [2.05, 4.69) is 5.32 Å². The van der Waals surface area contributed by atoms with Crippen molar-refractivity contribution in [1.82, 2.24) is 0 Å². The number of anilines is 1. The van der Waals surface area contributed by atoms with Crippen LogP contribution < -0.4 is 20.9 Å². The molecule has 0 saturated carbocycles. The Hall–Kier alpha value is -1.81. The zero-order chi connectivity index (χ0) is 44.7. The lowest BCUT2D eigenvalue weighted by atomic mass is 9.96. The normalized spacial score (nSPS) is 42.1. The molecule has 20 atom stereocenters. The zero-order valence-corrected chi connectivity index (χ0v) is 33.6. The minimum Gasteiger partial charge on any atom is -0.488 e. The van der Waals surface area contributed by atoms with Gasteiger partial charge >= 0.3 is 0 Å². The lowest BCUT2D eigenvalue weighted by Gasteiger charge is -2.49. The van der Waals surface area contributed by atoms with Crippen molar-refractivity contribution in [1.29, 1.82) is 0 Å². The fraction of sp³-hybridized carbons (Fsp3) is 0.886. The van der Waals surface area contributed by atoms with Crippen LogP contribution in [0.1, 0.15) is 13.3 Å². The second-order valence-electron chi connectivity index (χ2n) is 14.7. The van der Waals surface area contributed by atoms with Crippen molar-refractivity contribution in [2.45, 2.75) is 136 Å². The van der Waals surface area contributed by atoms with Crippen molar-refractivity contribution < 1.29 is 109 Å². The van der Waals surface area contributed by atoms with Gasteiger partial charge in [0.25, 0.3) is 10.9 Å². The Labute approximate surface area is 351 Å². The van der Waals surface area contributed by atoms with Crippen LogP contribution in [0.2, 0.25) is 0 Å². The number of aliphatic hydroxyl groups is 13. The molecular weight excluding hydrogens is 850 g/mol. The van der Waals surface area contributed by atoms with Gasteiger partial charge in [0.2, 0.25) is 0 Å². The van der Waals surface area contributed by atoms with Crippen molar-refractivity contribution in [3.63, 3.8) is 0 Å². The van der Waals surface area contributed by atoms with E-state index in [9.17, 15) is 76.0 Å². The largest absolute Gasteiger partial charge is 0.488 e. The summed E-state index contributed by atoms with van der Waals surface area (Å²) in [5.74, 6) is 1.02. The molecule has 4 saturated heterocycles. The van der Waals surface area contributed by atoms with Gasteiger partial charge in [-0.1, -0.05) is 0 Å². The molecule has 4 heterocycles. The zero-order valence-electron chi connectivity index (χ0n) is 32.8. The molecule has 61 heavy (non-hydrogen) atoms. The van der Waals surface area contributed by atoms with Crippen LogP contribution in [0.15, 0.2) is 9.59 Å². The van der Waals surface area contributed by atoms with Gasteiger partial charge in [0, 0.05) is 12.3 Å². The Morgan fingerprint density at radius 3 is 1.44 bits per heavy atom. The van der Waals surface area contributed by atoms with E-state index >= 15 is 0 Å². The summed E-state index contributed by atoms with van der Waals surface area (Å²) >= 11 is 1.46. The molecule has 1 aromatic rings. The summed E-state index contributed by atoms with van der Waals surface area (Å²) in [6, 6.07) is 0. The second kappa shape index (κ2) is 22.9. The Morgan fingerprint density at radius 1 is 0.541 bits per heavy atom. The van der Waals surface area contributed by atoms with Gasteiger partial charge in [-0.25, -0.2) is 0 Å². The molecule has 14 N–H and O–H groups in total. The molecule has 8 unspecified atom stereocenters. The van der Waals surface area contributed by atoms with Crippen LogP contribution in [0, 0.1) is 0 Å². The van der Waals surface area contributed by atoms with Crippen LogP contribution in [0.25, 0.3) is 0 Å². The lowest BCUT2D eigenvalue weighted by Crippen LogP contribution is -2.68. The third-order valence-electron chi connectivity index (χ3n) is 10.6. The smallest absolute Gasteiger partial charge is 0.272 e. The van der Waals surface area contributed by atoms with E-state index in [1.807, 2.05) is 0 Å². The number of aliphatic hydroxyl groups excluding tert-OH is 13. The first-order chi connectivity index (χ1) is 29.1. The van der Waals surface area contributed by atoms with E-state index in [0.717, 1.165) is 0 Å². The minimum atomic E-state index is -2.04. The summed E-state index contributed by atoms with van der Waals surface area (Å²) in [4.78, 5) is 23.5. The molecule has 4 aliphatic heterocycles. The summed E-state index contributed by atoms with van der Waals surface area (Å²) < 4.78 is 51.1. The molecule has 5 rings (SSSR count). The number of hydrogen-bond donors (Lipinski definition) is 14. The third kappa shape index (κ3) is 11.2. The first kappa shape index (κ1) is 50.2. The maximum Gasteiger partial charge on any atom is 0.272 e. The summed E-state index contributed by atoms with van der Waals surface area (Å²) in [6.07, 6.45) is -35.8. The molecule has 0 radical (unpaired) electrons. The highest BCUT2D eigenvalue weighted by Crippen LogP contribution is 2.35. The van der Waals surface area contributed by atoms with Gasteiger partial charge in [-0.15, -0.1) is 0 Å². The van der Waals surface area contributed by atoms with E-state index < -0.39 is 160 Å². The second-order valence-corrected chi connectivity index (χ2v) is 15.9. The van der Waals surface area contributed by atoms with Crippen LogP contribution in [-0.4, -0.2) is 247 Å². The van der Waals surface area contributed by atoms with E-state index in [1.54, 1.807) is 6.92 Å². The van der Waals surface area contributed by atoms with Gasteiger partial charge in [-0.3, -0.25) is 9.59 Å². The van der Waals surface area contributed by atoms with E-state index in [-0.39, 0.29) is 24.7 Å². The molecule has 352 valence electrons. The average molecular weight is 908 g/mol. The summed E-state index contributed by atoms with van der Waals surface area (Å²) in [6.45, 7) is -1.21. The Kier molecular flexibility index (Phi) is 18.8. The monoisotopic (exact) mass is 907 g/mol. The number of ether oxygens (including phenoxy) is 9. The number of thioether (sulfide) groups is 1. The predicted octanol–water partition coefficient (Wildman–Crippen LogP) is -8.49. The first-order valence-electron chi connectivity index (χ1n) is 19.7. The van der Waals surface area contributed by atoms with Crippen LogP contribution in [0.5, 0.6) is 5.75 Å². The SMILES string of the molecule is CCOc1c(NCCSCCCO[C@@H]2OC(CO)[C@@H](O)[C@H](O)C2O[C@@H]2OC(CO)[C@@H](O)[C@H](O)C2O[C@@H]2OC(CO)[C@@H](O)[C@H](O)C2O[C@@H]2OC(CO)[C@@H](O)[C@H](O)C2O)c(=O)c1=O. The topological polar surface area (TPSA) is 392 Å². The number of nitrogens with one attached hydrogen (secondary N) is 1. The van der Waals surface area contributed by atoms with Crippen LogP contribution in [-0.2, 0) is 37.9 Å². The van der Waals surface area contributed by atoms with Crippen LogP contribution >= 0.6 is 11.8 Å². The fourth-order valence-electron chi connectivity index (χ4n) is 7.13. The number of rotatable bonds is 21. The number of hydrogen-bond acceptors (Lipinski definition) is 26. The standard InChI is InChI=1S/C35H57NO24S/c1-2-52-28-16(21(45)26(28)50)36-4-7-61-6-3-5-53-33-29(23(47)18(42)13(9-38)55-33)59-35-31(25(49)20(44)15(11-40)57-35)60-34-30(24(48)19(43)14(10-39)56-34)58-32-27(51)22(46)17(41)12(8-37)54-32/h12-15,17-20,22-25,27,29-44,46-49,51H,2-11H2,1H3/t12?,13?,14?,15?,17-,18-,19-,20-,22+,23+,24+,25+,27?,29?,30?,31?,32+,33-,34+,35+/m1/s1. The Bertz CT molecular complexity index is 1560. The average Bonchev–Trinajstić information content (AvgIpc) is 3.26. The molecule has 0 aromatic heterocycles. The molecule has 1 aromatic carbocycles. The Morgan fingerprint density at radius 2 is 0.967 bits per heavy atom. The quantitative estimate of drug-likeness (QED) is 0.0402. The molecule has 0 amide bonds. The van der Waals surface area contributed by atoms with Gasteiger partial charge in [0.15, 0.2) is 30.9 Å². The summed E-state index contributed by atoms with van der Waals surface area (Å²) in [5.41, 5.74) is -1.23. The van der Waals surface area contributed by atoms with Crippen molar-refractivity contribution in [2.24, 2.45) is 0 Å².